The molecule has 3 rings (SSSR count). The Bertz CT molecular complexity index is 989. The quantitative estimate of drug-likeness (QED) is 0.730. The second-order valence-electron chi connectivity index (χ2n) is 6.50. The number of amides is 1. The van der Waals surface area contributed by atoms with Crippen LogP contribution in [0.3, 0.4) is 0 Å². The number of rotatable bonds is 6. The first kappa shape index (κ1) is 20.9. The van der Waals surface area contributed by atoms with Crippen molar-refractivity contribution < 1.29 is 17.9 Å². The third-order valence-electron chi connectivity index (χ3n) is 4.42. The molecule has 28 heavy (non-hydrogen) atoms. The zero-order valence-electron chi connectivity index (χ0n) is 15.2. The van der Waals surface area contributed by atoms with E-state index < -0.39 is 15.9 Å². The van der Waals surface area contributed by atoms with Crippen molar-refractivity contribution in [2.24, 2.45) is 0 Å². The molecule has 1 fully saturated rings. The highest BCUT2D eigenvalue weighted by Crippen LogP contribution is 2.31. The van der Waals surface area contributed by atoms with E-state index in [0.717, 1.165) is 18.4 Å². The maximum absolute atomic E-state index is 12.9. The van der Waals surface area contributed by atoms with Gasteiger partial charge in [0.1, 0.15) is 10.6 Å². The van der Waals surface area contributed by atoms with Crippen LogP contribution in [0.1, 0.15) is 18.4 Å². The summed E-state index contributed by atoms with van der Waals surface area (Å²) in [7, 11) is -3.74. The highest BCUT2D eigenvalue weighted by Gasteiger charge is 2.30. The Morgan fingerprint density at radius 1 is 1.11 bits per heavy atom. The Hall–Kier alpha value is -1.80. The Labute approximate surface area is 174 Å². The fourth-order valence-corrected chi connectivity index (χ4v) is 5.01. The van der Waals surface area contributed by atoms with E-state index in [-0.39, 0.29) is 22.3 Å². The van der Waals surface area contributed by atoms with Crippen LogP contribution in [-0.2, 0) is 14.8 Å². The van der Waals surface area contributed by atoms with E-state index in [9.17, 15) is 13.2 Å². The molecule has 0 aromatic heterocycles. The summed E-state index contributed by atoms with van der Waals surface area (Å²) in [6.07, 6.45) is 1.63. The number of ether oxygens (including phenoxy) is 1. The smallest absolute Gasteiger partial charge is 0.262 e. The van der Waals surface area contributed by atoms with Crippen LogP contribution in [0.4, 0.5) is 5.69 Å². The molecule has 9 heteroatoms. The molecule has 0 unspecified atom stereocenters. The van der Waals surface area contributed by atoms with Gasteiger partial charge in [-0.25, -0.2) is 8.42 Å². The first-order valence-corrected chi connectivity index (χ1v) is 11.0. The Balaban J connectivity index is 1.75. The van der Waals surface area contributed by atoms with Crippen molar-refractivity contribution in [3.8, 4) is 5.75 Å². The summed E-state index contributed by atoms with van der Waals surface area (Å²) >= 11 is 12.0. The maximum Gasteiger partial charge on any atom is 0.262 e. The average Bonchev–Trinajstić information content (AvgIpc) is 3.19. The molecule has 2 aromatic rings. The van der Waals surface area contributed by atoms with Crippen LogP contribution in [0.2, 0.25) is 10.0 Å². The van der Waals surface area contributed by atoms with Gasteiger partial charge in [0.2, 0.25) is 10.0 Å². The first-order chi connectivity index (χ1) is 13.3. The molecule has 0 radical (unpaired) electrons. The van der Waals surface area contributed by atoms with Gasteiger partial charge in [0.25, 0.3) is 5.91 Å². The fraction of sp³-hybridized carbons (Fsp3) is 0.316. The maximum atomic E-state index is 12.9. The summed E-state index contributed by atoms with van der Waals surface area (Å²) in [6.45, 7) is 2.41. The van der Waals surface area contributed by atoms with E-state index in [4.69, 9.17) is 27.9 Å². The van der Waals surface area contributed by atoms with Crippen LogP contribution in [0.25, 0.3) is 0 Å². The number of carbonyl (C=O) groups excluding carboxylic acids is 1. The molecule has 150 valence electrons. The standard InChI is InChI=1S/C19H20Cl2N2O4S/c1-13-4-5-14(20)10-16(13)22-19(24)12-27-17-7-6-15(21)11-18(17)28(25,26)23-8-2-3-9-23/h4-7,10-11H,2-3,8-9,12H2,1H3,(H,22,24). The highest BCUT2D eigenvalue weighted by molar-refractivity contribution is 7.89. The molecule has 2 aromatic carbocycles. The van der Waals surface area contributed by atoms with Gasteiger partial charge < -0.3 is 10.1 Å². The van der Waals surface area contributed by atoms with E-state index in [0.29, 0.717) is 23.8 Å². The van der Waals surface area contributed by atoms with Crippen molar-refractivity contribution in [1.29, 1.82) is 0 Å². The van der Waals surface area contributed by atoms with Gasteiger partial charge in [-0.3, -0.25) is 4.79 Å². The average molecular weight is 443 g/mol. The minimum Gasteiger partial charge on any atom is -0.482 e. The van der Waals surface area contributed by atoms with Crippen LogP contribution in [0.15, 0.2) is 41.3 Å². The van der Waals surface area contributed by atoms with Crippen molar-refractivity contribution in [3.63, 3.8) is 0 Å². The molecule has 0 atom stereocenters. The zero-order chi connectivity index (χ0) is 20.3. The zero-order valence-corrected chi connectivity index (χ0v) is 17.6. The minimum atomic E-state index is -3.74. The summed E-state index contributed by atoms with van der Waals surface area (Å²) in [5.74, 6) is -0.334. The van der Waals surface area contributed by atoms with E-state index >= 15 is 0 Å². The lowest BCUT2D eigenvalue weighted by Gasteiger charge is -2.18. The van der Waals surface area contributed by atoms with Gasteiger partial charge in [-0.2, -0.15) is 4.31 Å². The lowest BCUT2D eigenvalue weighted by molar-refractivity contribution is -0.118. The van der Waals surface area contributed by atoms with E-state index in [2.05, 4.69) is 5.32 Å². The van der Waals surface area contributed by atoms with E-state index in [1.807, 2.05) is 6.92 Å². The first-order valence-electron chi connectivity index (χ1n) is 8.76. The predicted octanol–water partition coefficient (Wildman–Crippen LogP) is 4.10. The van der Waals surface area contributed by atoms with Crippen LogP contribution in [0.5, 0.6) is 5.75 Å². The number of benzene rings is 2. The van der Waals surface area contributed by atoms with Crippen LogP contribution in [-0.4, -0.2) is 38.3 Å². The molecule has 1 heterocycles. The summed E-state index contributed by atoms with van der Waals surface area (Å²) in [5, 5.41) is 3.49. The van der Waals surface area contributed by atoms with Gasteiger partial charge in [0.15, 0.2) is 6.61 Å². The lowest BCUT2D eigenvalue weighted by Crippen LogP contribution is -2.29. The van der Waals surface area contributed by atoms with E-state index in [1.165, 1.54) is 22.5 Å². The summed E-state index contributed by atoms with van der Waals surface area (Å²) in [6, 6.07) is 9.50. The number of hydrogen-bond acceptors (Lipinski definition) is 4. The normalized spacial score (nSPS) is 14.8. The number of anilines is 1. The molecule has 1 saturated heterocycles. The number of carbonyl (C=O) groups is 1. The number of nitrogens with one attached hydrogen (secondary N) is 1. The minimum absolute atomic E-state index is 0.0337. The molecule has 1 amide bonds. The Morgan fingerprint density at radius 2 is 1.75 bits per heavy atom. The van der Waals surface area contributed by atoms with E-state index in [1.54, 1.807) is 18.2 Å². The predicted molar refractivity (Wildman–Crippen MR) is 110 cm³/mol. The van der Waals surface area contributed by atoms with Crippen molar-refractivity contribution >= 4 is 44.8 Å². The molecule has 6 nitrogen and oxygen atoms in total. The van der Waals surface area contributed by atoms with Crippen LogP contribution in [0, 0.1) is 6.92 Å². The number of nitrogens with zero attached hydrogens (tertiary/aromatic N) is 1. The Kier molecular flexibility index (Phi) is 6.50. The third kappa shape index (κ3) is 4.78. The van der Waals surface area contributed by atoms with Gasteiger partial charge in [-0.05, 0) is 55.7 Å². The molecular formula is C19H20Cl2N2O4S. The van der Waals surface area contributed by atoms with Crippen molar-refractivity contribution in [2.75, 3.05) is 25.0 Å². The molecule has 0 saturated carbocycles. The molecule has 1 N–H and O–H groups in total. The molecule has 0 aliphatic carbocycles. The largest absolute Gasteiger partial charge is 0.482 e. The molecule has 0 spiro atoms. The number of hydrogen-bond donors (Lipinski definition) is 1. The monoisotopic (exact) mass is 442 g/mol. The second kappa shape index (κ2) is 8.69. The van der Waals surface area contributed by atoms with Crippen molar-refractivity contribution in [2.45, 2.75) is 24.7 Å². The molecule has 1 aliphatic rings. The number of aryl methyl sites for hydroxylation is 1. The van der Waals surface area contributed by atoms with Gasteiger partial charge >= 0.3 is 0 Å². The molecular weight excluding hydrogens is 423 g/mol. The van der Waals surface area contributed by atoms with Gasteiger partial charge in [0.05, 0.1) is 0 Å². The topological polar surface area (TPSA) is 75.7 Å². The second-order valence-corrected chi connectivity index (χ2v) is 9.28. The number of sulfonamides is 1. The highest BCUT2D eigenvalue weighted by atomic mass is 35.5. The SMILES string of the molecule is Cc1ccc(Cl)cc1NC(=O)COc1ccc(Cl)cc1S(=O)(=O)N1CCCC1. The number of halogens is 2. The molecule has 0 bridgehead atoms. The fourth-order valence-electron chi connectivity index (χ4n) is 2.93. The van der Waals surface area contributed by atoms with Gasteiger partial charge in [0, 0.05) is 28.8 Å². The third-order valence-corrected chi connectivity index (χ3v) is 6.81. The summed E-state index contributed by atoms with van der Waals surface area (Å²) < 4.78 is 32.7. The lowest BCUT2D eigenvalue weighted by atomic mass is 10.2. The van der Waals surface area contributed by atoms with Crippen molar-refractivity contribution in [3.05, 3.63) is 52.0 Å². The van der Waals surface area contributed by atoms with Crippen molar-refractivity contribution in [1.82, 2.24) is 4.31 Å². The Morgan fingerprint density at radius 3 is 2.46 bits per heavy atom. The van der Waals surface area contributed by atoms with Crippen LogP contribution >= 0.6 is 23.2 Å². The summed E-state index contributed by atoms with van der Waals surface area (Å²) in [5.41, 5.74) is 1.42. The summed E-state index contributed by atoms with van der Waals surface area (Å²) in [4.78, 5) is 12.2. The molecule has 1 aliphatic heterocycles. The van der Waals surface area contributed by atoms with Crippen LogP contribution < -0.4 is 10.1 Å². The van der Waals surface area contributed by atoms with Gasteiger partial charge in [-0.15, -0.1) is 0 Å². The van der Waals surface area contributed by atoms with Gasteiger partial charge in [-0.1, -0.05) is 29.3 Å².